The topological polar surface area (TPSA) is 52.0 Å². The van der Waals surface area contributed by atoms with Gasteiger partial charge in [-0.1, -0.05) is 15.9 Å². The van der Waals surface area contributed by atoms with Crippen LogP contribution in [0.25, 0.3) is 11.5 Å². The molecular weight excluding hydrogens is 263 g/mol. The summed E-state index contributed by atoms with van der Waals surface area (Å²) in [7, 11) is 0. The number of halogens is 2. The van der Waals surface area contributed by atoms with E-state index < -0.39 is 0 Å². The molecule has 5 heteroatoms. The fourth-order valence-corrected chi connectivity index (χ4v) is 1.68. The normalized spacial score (nSPS) is 10.6. The smallest absolute Gasteiger partial charge is 0.226 e. The molecule has 0 atom stereocenters. The van der Waals surface area contributed by atoms with Gasteiger partial charge in [0.2, 0.25) is 5.89 Å². The molecule has 1 aromatic carbocycles. The quantitative estimate of drug-likeness (QED) is 0.913. The van der Waals surface area contributed by atoms with Crippen molar-refractivity contribution in [3.63, 3.8) is 0 Å². The summed E-state index contributed by atoms with van der Waals surface area (Å²) >= 11 is 3.20. The fourth-order valence-electron chi connectivity index (χ4n) is 1.21. The molecule has 0 radical (unpaired) electrons. The van der Waals surface area contributed by atoms with Crippen LogP contribution >= 0.6 is 15.9 Å². The first-order chi connectivity index (χ1) is 7.19. The van der Waals surface area contributed by atoms with Gasteiger partial charge in [0.25, 0.3) is 0 Å². The maximum absolute atomic E-state index is 13.1. The Bertz CT molecular complexity index is 464. The van der Waals surface area contributed by atoms with Crippen LogP contribution < -0.4 is 5.73 Å². The van der Waals surface area contributed by atoms with Gasteiger partial charge in [-0.2, -0.15) is 0 Å². The minimum Gasteiger partial charge on any atom is -0.444 e. The molecule has 3 nitrogen and oxygen atoms in total. The maximum Gasteiger partial charge on any atom is 0.226 e. The lowest BCUT2D eigenvalue weighted by Crippen LogP contribution is -1.95. The van der Waals surface area contributed by atoms with Crippen LogP contribution in [0, 0.1) is 5.82 Å². The zero-order valence-electron chi connectivity index (χ0n) is 7.71. The minimum absolute atomic E-state index is 0.306. The summed E-state index contributed by atoms with van der Waals surface area (Å²) in [6.07, 6.45) is 1.47. The first kappa shape index (κ1) is 10.3. The second kappa shape index (κ2) is 4.12. The van der Waals surface area contributed by atoms with Crippen molar-refractivity contribution >= 4 is 15.9 Å². The molecule has 0 aliphatic carbocycles. The Morgan fingerprint density at radius 3 is 2.80 bits per heavy atom. The summed E-state index contributed by atoms with van der Waals surface area (Å²) in [5.41, 5.74) is 6.62. The lowest BCUT2D eigenvalue weighted by molar-refractivity contribution is 0.570. The highest BCUT2D eigenvalue weighted by Crippen LogP contribution is 2.23. The second-order valence-corrected chi connectivity index (χ2v) is 3.92. The van der Waals surface area contributed by atoms with Crippen molar-refractivity contribution in [2.24, 2.45) is 5.73 Å². The van der Waals surface area contributed by atoms with Crippen molar-refractivity contribution < 1.29 is 8.81 Å². The van der Waals surface area contributed by atoms with Crippen LogP contribution in [-0.2, 0) is 6.54 Å². The lowest BCUT2D eigenvalue weighted by atomic mass is 10.2. The summed E-state index contributed by atoms with van der Waals surface area (Å²) in [5, 5.41) is 0. The number of hydrogen-bond donors (Lipinski definition) is 1. The van der Waals surface area contributed by atoms with Crippen molar-refractivity contribution in [2.45, 2.75) is 6.54 Å². The van der Waals surface area contributed by atoms with E-state index in [-0.39, 0.29) is 5.82 Å². The molecule has 2 rings (SSSR count). The maximum atomic E-state index is 13.1. The van der Waals surface area contributed by atoms with Crippen LogP contribution in [0.4, 0.5) is 4.39 Å². The molecule has 0 amide bonds. The van der Waals surface area contributed by atoms with Crippen LogP contribution in [-0.4, -0.2) is 4.98 Å². The van der Waals surface area contributed by atoms with Crippen LogP contribution in [0.3, 0.4) is 0 Å². The zero-order chi connectivity index (χ0) is 10.8. The molecule has 1 aromatic heterocycles. The third-order valence-corrected chi connectivity index (χ3v) is 2.33. The van der Waals surface area contributed by atoms with E-state index >= 15 is 0 Å². The van der Waals surface area contributed by atoms with E-state index in [0.29, 0.717) is 28.2 Å². The largest absolute Gasteiger partial charge is 0.444 e. The Balaban J connectivity index is 2.44. The highest BCUT2D eigenvalue weighted by Gasteiger charge is 2.07. The molecule has 1 heterocycles. The van der Waals surface area contributed by atoms with Gasteiger partial charge in [0.1, 0.15) is 12.1 Å². The average molecular weight is 271 g/mol. The van der Waals surface area contributed by atoms with Crippen molar-refractivity contribution in [3.05, 3.63) is 40.4 Å². The lowest BCUT2D eigenvalue weighted by Gasteiger charge is -1.97. The summed E-state index contributed by atoms with van der Waals surface area (Å²) < 4.78 is 18.9. The molecule has 15 heavy (non-hydrogen) atoms. The van der Waals surface area contributed by atoms with Gasteiger partial charge in [-0.05, 0) is 18.2 Å². The number of hydrogen-bond acceptors (Lipinski definition) is 3. The second-order valence-electron chi connectivity index (χ2n) is 3.01. The van der Waals surface area contributed by atoms with E-state index in [0.717, 1.165) is 0 Å². The highest BCUT2D eigenvalue weighted by atomic mass is 79.9. The van der Waals surface area contributed by atoms with Gasteiger partial charge in [0, 0.05) is 16.6 Å². The third-order valence-electron chi connectivity index (χ3n) is 1.87. The molecule has 2 N–H and O–H groups in total. The van der Waals surface area contributed by atoms with Gasteiger partial charge in [-0.15, -0.1) is 0 Å². The molecule has 0 spiro atoms. The zero-order valence-corrected chi connectivity index (χ0v) is 9.29. The van der Waals surface area contributed by atoms with Crippen molar-refractivity contribution in [1.29, 1.82) is 0 Å². The first-order valence-electron chi connectivity index (χ1n) is 4.30. The monoisotopic (exact) mass is 270 g/mol. The molecule has 0 unspecified atom stereocenters. The van der Waals surface area contributed by atoms with E-state index in [9.17, 15) is 4.39 Å². The van der Waals surface area contributed by atoms with Crippen LogP contribution in [0.1, 0.15) is 5.69 Å². The number of aromatic nitrogens is 1. The fraction of sp³-hybridized carbons (Fsp3) is 0.100. The predicted molar refractivity (Wildman–Crippen MR) is 57.5 cm³/mol. The van der Waals surface area contributed by atoms with E-state index in [1.165, 1.54) is 18.4 Å². The van der Waals surface area contributed by atoms with Gasteiger partial charge in [-0.3, -0.25) is 0 Å². The summed E-state index contributed by atoms with van der Waals surface area (Å²) in [4.78, 5) is 4.10. The third kappa shape index (κ3) is 2.24. The van der Waals surface area contributed by atoms with Gasteiger partial charge in [-0.25, -0.2) is 9.37 Å². The van der Waals surface area contributed by atoms with Crippen molar-refractivity contribution in [3.8, 4) is 11.5 Å². The highest BCUT2D eigenvalue weighted by molar-refractivity contribution is 9.10. The number of oxazole rings is 1. The van der Waals surface area contributed by atoms with Gasteiger partial charge >= 0.3 is 0 Å². The Kier molecular flexibility index (Phi) is 2.83. The summed E-state index contributed by atoms with van der Waals surface area (Å²) in [6.45, 7) is 0.306. The van der Waals surface area contributed by atoms with E-state index in [2.05, 4.69) is 20.9 Å². The van der Waals surface area contributed by atoms with E-state index in [1.807, 2.05) is 0 Å². The molecular formula is C10H8BrFN2O. The van der Waals surface area contributed by atoms with Crippen LogP contribution in [0.5, 0.6) is 0 Å². The standard InChI is InChI=1S/C10H8BrFN2O/c11-7-1-6(2-8(12)3-7)10-14-9(4-13)5-15-10/h1-3,5H,4,13H2. The SMILES string of the molecule is NCc1coc(-c2cc(F)cc(Br)c2)n1. The summed E-state index contributed by atoms with van der Waals surface area (Å²) in [5.74, 6) is 0.0301. The molecule has 78 valence electrons. The molecule has 2 aromatic rings. The number of benzene rings is 1. The van der Waals surface area contributed by atoms with Gasteiger partial charge in [0.15, 0.2) is 0 Å². The Hall–Kier alpha value is -1.20. The molecule has 0 aliphatic rings. The van der Waals surface area contributed by atoms with E-state index in [1.54, 1.807) is 6.07 Å². The van der Waals surface area contributed by atoms with Crippen LogP contribution in [0.2, 0.25) is 0 Å². The molecule has 0 fully saturated rings. The average Bonchev–Trinajstić information content (AvgIpc) is 2.64. The Labute approximate surface area is 94.2 Å². The Morgan fingerprint density at radius 2 is 2.20 bits per heavy atom. The minimum atomic E-state index is -0.341. The molecule has 0 saturated heterocycles. The number of rotatable bonds is 2. The number of nitrogens with zero attached hydrogens (tertiary/aromatic N) is 1. The molecule has 0 saturated carbocycles. The van der Waals surface area contributed by atoms with Crippen molar-refractivity contribution in [1.82, 2.24) is 4.98 Å². The predicted octanol–water partition coefficient (Wildman–Crippen LogP) is 2.70. The summed E-state index contributed by atoms with van der Waals surface area (Å²) in [6, 6.07) is 4.46. The first-order valence-corrected chi connectivity index (χ1v) is 5.09. The van der Waals surface area contributed by atoms with Crippen LogP contribution in [0.15, 0.2) is 33.4 Å². The van der Waals surface area contributed by atoms with E-state index in [4.69, 9.17) is 10.2 Å². The number of nitrogens with two attached hydrogens (primary N) is 1. The van der Waals surface area contributed by atoms with Gasteiger partial charge in [0.05, 0.1) is 5.69 Å². The van der Waals surface area contributed by atoms with Crippen molar-refractivity contribution in [2.75, 3.05) is 0 Å². The molecule has 0 bridgehead atoms. The Morgan fingerprint density at radius 1 is 1.40 bits per heavy atom. The van der Waals surface area contributed by atoms with Gasteiger partial charge < -0.3 is 10.2 Å². The molecule has 0 aliphatic heterocycles.